The molecule has 19 heavy (non-hydrogen) atoms. The third-order valence-corrected chi connectivity index (χ3v) is 2.84. The Morgan fingerprint density at radius 1 is 1.32 bits per heavy atom. The monoisotopic (exact) mass is 253 g/mol. The summed E-state index contributed by atoms with van der Waals surface area (Å²) in [5, 5.41) is 12.2. The number of benzene rings is 1. The second kappa shape index (κ2) is 6.41. The van der Waals surface area contributed by atoms with Crippen LogP contribution in [0.15, 0.2) is 42.7 Å². The van der Waals surface area contributed by atoms with Crippen molar-refractivity contribution in [1.29, 1.82) is 5.26 Å². The molecule has 2 rings (SSSR count). The van der Waals surface area contributed by atoms with E-state index in [2.05, 4.69) is 16.4 Å². The van der Waals surface area contributed by atoms with E-state index < -0.39 is 0 Å². The zero-order valence-corrected chi connectivity index (χ0v) is 10.8. The van der Waals surface area contributed by atoms with Gasteiger partial charge in [-0.2, -0.15) is 5.26 Å². The van der Waals surface area contributed by atoms with Crippen LogP contribution in [0.5, 0.6) is 5.75 Å². The van der Waals surface area contributed by atoms with Gasteiger partial charge in [-0.3, -0.25) is 4.98 Å². The van der Waals surface area contributed by atoms with Gasteiger partial charge in [0.2, 0.25) is 0 Å². The molecule has 0 radical (unpaired) electrons. The molecule has 0 unspecified atom stereocenters. The van der Waals surface area contributed by atoms with Crippen LogP contribution in [0.1, 0.15) is 11.1 Å². The van der Waals surface area contributed by atoms with E-state index in [1.807, 2.05) is 24.3 Å². The average molecular weight is 253 g/mol. The quantitative estimate of drug-likeness (QED) is 0.889. The first-order valence-corrected chi connectivity index (χ1v) is 6.05. The molecule has 0 aliphatic rings. The maximum absolute atomic E-state index is 8.98. The van der Waals surface area contributed by atoms with Crippen molar-refractivity contribution in [1.82, 2.24) is 4.98 Å². The fourth-order valence-corrected chi connectivity index (χ4v) is 1.87. The normalized spacial score (nSPS) is 9.68. The first kappa shape index (κ1) is 12.9. The molecule has 4 nitrogen and oxygen atoms in total. The highest BCUT2D eigenvalue weighted by atomic mass is 16.5. The number of ether oxygens (including phenoxy) is 1. The summed E-state index contributed by atoms with van der Waals surface area (Å²) in [4.78, 5) is 4.01. The van der Waals surface area contributed by atoms with Gasteiger partial charge >= 0.3 is 0 Å². The highest BCUT2D eigenvalue weighted by molar-refractivity contribution is 5.55. The van der Waals surface area contributed by atoms with Crippen LogP contribution in [0, 0.1) is 11.3 Å². The molecular formula is C15H15N3O. The second-order valence-electron chi connectivity index (χ2n) is 4.02. The van der Waals surface area contributed by atoms with E-state index in [4.69, 9.17) is 10.00 Å². The number of anilines is 1. The lowest BCUT2D eigenvalue weighted by atomic mass is 10.1. The van der Waals surface area contributed by atoms with Crippen LogP contribution < -0.4 is 10.1 Å². The maximum Gasteiger partial charge on any atom is 0.122 e. The van der Waals surface area contributed by atoms with Crippen LogP contribution in [0.4, 0.5) is 5.69 Å². The molecule has 0 amide bonds. The maximum atomic E-state index is 8.98. The summed E-state index contributed by atoms with van der Waals surface area (Å²) < 4.78 is 5.30. The van der Waals surface area contributed by atoms with Crippen LogP contribution in [0.2, 0.25) is 0 Å². The third kappa shape index (κ3) is 3.23. The van der Waals surface area contributed by atoms with Gasteiger partial charge in [0.1, 0.15) is 11.8 Å². The Kier molecular flexibility index (Phi) is 4.35. The van der Waals surface area contributed by atoms with Gasteiger partial charge in [-0.05, 0) is 24.1 Å². The van der Waals surface area contributed by atoms with Crippen LogP contribution >= 0.6 is 0 Å². The predicted molar refractivity (Wildman–Crippen MR) is 74.1 cm³/mol. The number of nitrogens with one attached hydrogen (secondary N) is 1. The SMILES string of the molecule is COc1ccccc1CCNc1cnccc1C#N. The highest BCUT2D eigenvalue weighted by Gasteiger charge is 2.03. The summed E-state index contributed by atoms with van der Waals surface area (Å²) >= 11 is 0. The Bertz CT molecular complexity index is 590. The molecule has 0 bridgehead atoms. The number of aromatic nitrogens is 1. The fraction of sp³-hybridized carbons (Fsp3) is 0.200. The molecule has 4 heteroatoms. The van der Waals surface area contributed by atoms with Crippen molar-refractivity contribution in [3.05, 3.63) is 53.9 Å². The molecular weight excluding hydrogens is 238 g/mol. The van der Waals surface area contributed by atoms with E-state index in [1.54, 1.807) is 25.6 Å². The highest BCUT2D eigenvalue weighted by Crippen LogP contribution is 2.18. The number of rotatable bonds is 5. The molecule has 1 aromatic heterocycles. The zero-order chi connectivity index (χ0) is 13.5. The van der Waals surface area contributed by atoms with E-state index >= 15 is 0 Å². The van der Waals surface area contributed by atoms with E-state index in [9.17, 15) is 0 Å². The predicted octanol–water partition coefficient (Wildman–Crippen LogP) is 2.62. The van der Waals surface area contributed by atoms with Crippen LogP contribution in [-0.4, -0.2) is 18.6 Å². The average Bonchev–Trinajstić information content (AvgIpc) is 2.48. The third-order valence-electron chi connectivity index (χ3n) is 2.84. The zero-order valence-electron chi connectivity index (χ0n) is 10.8. The lowest BCUT2D eigenvalue weighted by Crippen LogP contribution is -2.07. The first-order chi connectivity index (χ1) is 9.35. The van der Waals surface area contributed by atoms with Crippen molar-refractivity contribution >= 4 is 5.69 Å². The van der Waals surface area contributed by atoms with E-state index in [0.29, 0.717) is 5.56 Å². The number of para-hydroxylation sites is 1. The van der Waals surface area contributed by atoms with Crippen molar-refractivity contribution < 1.29 is 4.74 Å². The van der Waals surface area contributed by atoms with Crippen molar-refractivity contribution in [3.63, 3.8) is 0 Å². The van der Waals surface area contributed by atoms with Crippen molar-refractivity contribution in [2.24, 2.45) is 0 Å². The summed E-state index contributed by atoms with van der Waals surface area (Å²) in [7, 11) is 1.67. The molecule has 1 N–H and O–H groups in total. The molecule has 0 atom stereocenters. The summed E-state index contributed by atoms with van der Waals surface area (Å²) in [6.45, 7) is 0.723. The van der Waals surface area contributed by atoms with E-state index in [-0.39, 0.29) is 0 Å². The molecule has 0 aliphatic heterocycles. The van der Waals surface area contributed by atoms with Gasteiger partial charge in [-0.1, -0.05) is 18.2 Å². The van der Waals surface area contributed by atoms with Gasteiger partial charge in [-0.15, -0.1) is 0 Å². The minimum atomic E-state index is 0.607. The fourth-order valence-electron chi connectivity index (χ4n) is 1.87. The Hall–Kier alpha value is -2.54. The Morgan fingerprint density at radius 3 is 2.95 bits per heavy atom. The van der Waals surface area contributed by atoms with Gasteiger partial charge in [0, 0.05) is 12.7 Å². The second-order valence-corrected chi connectivity index (χ2v) is 4.02. The van der Waals surface area contributed by atoms with Crippen molar-refractivity contribution in [3.8, 4) is 11.8 Å². The molecule has 2 aromatic rings. The van der Waals surface area contributed by atoms with Crippen LogP contribution in [0.3, 0.4) is 0 Å². The molecule has 96 valence electrons. The summed E-state index contributed by atoms with van der Waals surface area (Å²) in [5.41, 5.74) is 2.51. The minimum Gasteiger partial charge on any atom is -0.496 e. The standard InChI is InChI=1S/C15H15N3O/c1-19-15-5-3-2-4-12(15)7-9-18-14-11-17-8-6-13(14)10-16/h2-6,8,11,18H,7,9H2,1H3. The lowest BCUT2D eigenvalue weighted by molar-refractivity contribution is 0.410. The van der Waals surface area contributed by atoms with E-state index in [0.717, 1.165) is 30.0 Å². The Labute approximate surface area is 112 Å². The summed E-state index contributed by atoms with van der Waals surface area (Å²) in [5.74, 6) is 0.885. The van der Waals surface area contributed by atoms with Gasteiger partial charge < -0.3 is 10.1 Å². The minimum absolute atomic E-state index is 0.607. The van der Waals surface area contributed by atoms with Crippen molar-refractivity contribution in [2.45, 2.75) is 6.42 Å². The van der Waals surface area contributed by atoms with Gasteiger partial charge in [-0.25, -0.2) is 0 Å². The Morgan fingerprint density at radius 2 is 2.16 bits per heavy atom. The lowest BCUT2D eigenvalue weighted by Gasteiger charge is -2.10. The molecule has 0 spiro atoms. The van der Waals surface area contributed by atoms with Crippen molar-refractivity contribution in [2.75, 3.05) is 19.0 Å². The number of hydrogen-bond donors (Lipinski definition) is 1. The summed E-state index contributed by atoms with van der Waals surface area (Å²) in [6, 6.07) is 11.8. The van der Waals surface area contributed by atoms with E-state index in [1.165, 1.54) is 0 Å². The van der Waals surface area contributed by atoms with Crippen LogP contribution in [-0.2, 0) is 6.42 Å². The smallest absolute Gasteiger partial charge is 0.122 e. The molecule has 0 aliphatic carbocycles. The number of methoxy groups -OCH3 is 1. The van der Waals surface area contributed by atoms with Gasteiger partial charge in [0.05, 0.1) is 24.6 Å². The van der Waals surface area contributed by atoms with Gasteiger partial charge in [0.25, 0.3) is 0 Å². The molecule has 0 saturated carbocycles. The molecule has 0 fully saturated rings. The molecule has 1 heterocycles. The number of hydrogen-bond acceptors (Lipinski definition) is 4. The molecule has 0 saturated heterocycles. The van der Waals surface area contributed by atoms with Gasteiger partial charge in [0.15, 0.2) is 0 Å². The summed E-state index contributed by atoms with van der Waals surface area (Å²) in [6.07, 6.45) is 4.11. The number of pyridine rings is 1. The van der Waals surface area contributed by atoms with Crippen LogP contribution in [0.25, 0.3) is 0 Å². The number of nitrogens with zero attached hydrogens (tertiary/aromatic N) is 2. The first-order valence-electron chi connectivity index (χ1n) is 6.05. The number of nitriles is 1. The topological polar surface area (TPSA) is 57.9 Å². The largest absolute Gasteiger partial charge is 0.496 e. The molecule has 1 aromatic carbocycles. The Balaban J connectivity index is 1.99.